The van der Waals surface area contributed by atoms with Crippen molar-refractivity contribution in [3.05, 3.63) is 23.3 Å². The van der Waals surface area contributed by atoms with Crippen molar-refractivity contribution in [1.82, 2.24) is 0 Å². The van der Waals surface area contributed by atoms with Crippen molar-refractivity contribution < 1.29 is 39.2 Å². The molecule has 0 heterocycles. The molecule has 2 fully saturated rings. The quantitative estimate of drug-likeness (QED) is 0.0889. The number of rotatable bonds is 18. The molecule has 0 unspecified atom stereocenters. The molecule has 8 nitrogen and oxygen atoms in total. The standard InChI is InChI=1S/C38H60O8/c1-6-7-8-9-10-11-12-13-14-15-16-17-18-19-32(42)45-35-26(3)37(44)30-20-25(2)33(43)29(30)21-28(23-39)22-31(37)34-36(5,24-40)38(34,35)46-27(4)41/h20,22,26,29-31,34-35,39-40,44H,6-19,21,23-24H2,1-5H3/t26-,29-,30-,31+,34+,35-,36+,37+,38-/m1/s1. The second-order valence-electron chi connectivity index (χ2n) is 15.1. The van der Waals surface area contributed by atoms with Gasteiger partial charge in [-0.25, -0.2) is 0 Å². The number of ether oxygens (including phenoxy) is 2. The number of hydrogen-bond acceptors (Lipinski definition) is 8. The third-order valence-electron chi connectivity index (χ3n) is 12.1. The Labute approximate surface area is 276 Å². The summed E-state index contributed by atoms with van der Waals surface area (Å²) in [5.41, 5.74) is -2.66. The highest BCUT2D eigenvalue weighted by molar-refractivity contribution is 6.00. The average molecular weight is 645 g/mol. The Kier molecular flexibility index (Phi) is 12.4. The lowest BCUT2D eigenvalue weighted by Crippen LogP contribution is -2.63. The van der Waals surface area contributed by atoms with E-state index in [0.717, 1.165) is 19.3 Å². The number of carbonyl (C=O) groups is 3. The first-order valence-corrected chi connectivity index (χ1v) is 18.2. The zero-order valence-corrected chi connectivity index (χ0v) is 29.0. The van der Waals surface area contributed by atoms with Crippen LogP contribution in [-0.2, 0) is 23.9 Å². The van der Waals surface area contributed by atoms with Crippen LogP contribution in [0.25, 0.3) is 0 Å². The molecule has 260 valence electrons. The van der Waals surface area contributed by atoms with E-state index in [4.69, 9.17) is 9.47 Å². The van der Waals surface area contributed by atoms with Crippen molar-refractivity contribution in [2.75, 3.05) is 13.2 Å². The Morgan fingerprint density at radius 3 is 2.00 bits per heavy atom. The molecule has 0 aromatic heterocycles. The zero-order valence-electron chi connectivity index (χ0n) is 29.0. The molecule has 4 rings (SSSR count). The predicted octanol–water partition coefficient (Wildman–Crippen LogP) is 6.39. The highest BCUT2D eigenvalue weighted by Gasteiger charge is 2.88. The van der Waals surface area contributed by atoms with E-state index in [2.05, 4.69) is 6.92 Å². The lowest BCUT2D eigenvalue weighted by atomic mass is 9.60. The summed E-state index contributed by atoms with van der Waals surface area (Å²) in [7, 11) is 0. The summed E-state index contributed by atoms with van der Waals surface area (Å²) in [6.45, 7) is 8.29. The van der Waals surface area contributed by atoms with Gasteiger partial charge in [0, 0.05) is 48.3 Å². The fraction of sp³-hybridized carbons (Fsp3) is 0.816. The molecule has 46 heavy (non-hydrogen) atoms. The van der Waals surface area contributed by atoms with Gasteiger partial charge in [0.25, 0.3) is 0 Å². The van der Waals surface area contributed by atoms with E-state index in [1.54, 1.807) is 13.8 Å². The van der Waals surface area contributed by atoms with Crippen LogP contribution in [0.3, 0.4) is 0 Å². The lowest BCUT2D eigenvalue weighted by Gasteiger charge is -2.52. The molecule has 0 aromatic carbocycles. The van der Waals surface area contributed by atoms with Gasteiger partial charge in [-0.05, 0) is 30.9 Å². The largest absolute Gasteiger partial charge is 0.458 e. The summed E-state index contributed by atoms with van der Waals surface area (Å²) in [5, 5.41) is 33.7. The summed E-state index contributed by atoms with van der Waals surface area (Å²) < 4.78 is 12.3. The van der Waals surface area contributed by atoms with E-state index in [0.29, 0.717) is 24.0 Å². The molecule has 0 radical (unpaired) electrons. The van der Waals surface area contributed by atoms with Gasteiger partial charge < -0.3 is 24.8 Å². The second kappa shape index (κ2) is 15.5. The van der Waals surface area contributed by atoms with Gasteiger partial charge in [-0.2, -0.15) is 0 Å². The van der Waals surface area contributed by atoms with Crippen LogP contribution in [0.1, 0.15) is 131 Å². The van der Waals surface area contributed by atoms with Crippen molar-refractivity contribution >= 4 is 17.7 Å². The minimum absolute atomic E-state index is 0.0564. The number of carbonyl (C=O) groups excluding carboxylic acids is 3. The number of allylic oxidation sites excluding steroid dienone is 1. The van der Waals surface area contributed by atoms with Crippen molar-refractivity contribution in [2.24, 2.45) is 35.0 Å². The maximum Gasteiger partial charge on any atom is 0.306 e. The fourth-order valence-electron chi connectivity index (χ4n) is 9.51. The molecule has 9 atom stereocenters. The smallest absolute Gasteiger partial charge is 0.306 e. The first-order valence-electron chi connectivity index (χ1n) is 18.2. The third-order valence-corrected chi connectivity index (χ3v) is 12.1. The van der Waals surface area contributed by atoms with E-state index in [9.17, 15) is 29.7 Å². The highest BCUT2D eigenvalue weighted by atomic mass is 16.6. The Bertz CT molecular complexity index is 1160. The summed E-state index contributed by atoms with van der Waals surface area (Å²) in [6.07, 6.45) is 18.8. The molecular formula is C38H60O8. The molecule has 0 saturated heterocycles. The molecule has 4 aliphatic rings. The first-order chi connectivity index (χ1) is 21.9. The topological polar surface area (TPSA) is 130 Å². The van der Waals surface area contributed by atoms with Crippen LogP contribution in [0.15, 0.2) is 23.3 Å². The molecule has 0 spiro atoms. The summed E-state index contributed by atoms with van der Waals surface area (Å²) in [5.74, 6) is -4.07. The van der Waals surface area contributed by atoms with Crippen molar-refractivity contribution in [2.45, 2.75) is 148 Å². The molecular weight excluding hydrogens is 584 g/mol. The van der Waals surface area contributed by atoms with Crippen LogP contribution in [0.5, 0.6) is 0 Å². The number of Topliss-reactive ketones (excluding diaryl/α,β-unsaturated/α-hetero) is 1. The number of aliphatic hydroxyl groups is 3. The molecule has 0 aromatic rings. The van der Waals surface area contributed by atoms with Crippen molar-refractivity contribution in [1.29, 1.82) is 0 Å². The maximum absolute atomic E-state index is 13.4. The van der Waals surface area contributed by atoms with Crippen LogP contribution in [0.2, 0.25) is 0 Å². The monoisotopic (exact) mass is 644 g/mol. The van der Waals surface area contributed by atoms with Crippen LogP contribution in [0, 0.1) is 35.0 Å². The van der Waals surface area contributed by atoms with E-state index in [-0.39, 0.29) is 25.4 Å². The summed E-state index contributed by atoms with van der Waals surface area (Å²) in [4.78, 5) is 39.2. The maximum atomic E-state index is 13.4. The number of unbranched alkanes of at least 4 members (excludes halogenated alkanes) is 12. The number of ketones is 1. The van der Waals surface area contributed by atoms with Gasteiger partial charge in [-0.1, -0.05) is 110 Å². The Hall–Kier alpha value is -2.03. The second-order valence-corrected chi connectivity index (χ2v) is 15.1. The Morgan fingerprint density at radius 1 is 0.913 bits per heavy atom. The third kappa shape index (κ3) is 6.78. The van der Waals surface area contributed by atoms with Gasteiger partial charge in [-0.15, -0.1) is 0 Å². The minimum atomic E-state index is -1.53. The molecule has 2 saturated carbocycles. The zero-order chi connectivity index (χ0) is 33.7. The lowest BCUT2D eigenvalue weighted by molar-refractivity contribution is -0.220. The van der Waals surface area contributed by atoms with Gasteiger partial charge in [0.15, 0.2) is 11.4 Å². The fourth-order valence-corrected chi connectivity index (χ4v) is 9.51. The molecule has 8 heteroatoms. The highest BCUT2D eigenvalue weighted by Crippen LogP contribution is 2.76. The minimum Gasteiger partial charge on any atom is -0.458 e. The summed E-state index contributed by atoms with van der Waals surface area (Å²) in [6, 6.07) is 0. The molecule has 4 aliphatic carbocycles. The molecule has 0 bridgehead atoms. The molecule has 3 N–H and O–H groups in total. The van der Waals surface area contributed by atoms with E-state index in [1.807, 2.05) is 19.1 Å². The number of fused-ring (bicyclic) bond motifs is 5. The van der Waals surface area contributed by atoms with Crippen molar-refractivity contribution in [3.8, 4) is 0 Å². The van der Waals surface area contributed by atoms with E-state index >= 15 is 0 Å². The van der Waals surface area contributed by atoms with Gasteiger partial charge in [0.05, 0.1) is 18.8 Å². The van der Waals surface area contributed by atoms with Crippen molar-refractivity contribution in [3.63, 3.8) is 0 Å². The van der Waals surface area contributed by atoms with E-state index in [1.165, 1.54) is 64.7 Å². The Morgan fingerprint density at radius 2 is 1.48 bits per heavy atom. The van der Waals surface area contributed by atoms with Gasteiger partial charge in [0.1, 0.15) is 6.10 Å². The SMILES string of the molecule is CCCCCCCCCCCCCCCC(=O)O[C@@H]1[C@@H](C)[C@]2(O)[C@@H]3C=C(C)C(=O)[C@@H]3CC(CO)=C[C@H]2[C@@H]2[C@]1(OC(C)=O)[C@@]2(C)CO. The molecule has 0 amide bonds. The van der Waals surface area contributed by atoms with Crippen LogP contribution in [-0.4, -0.2) is 63.6 Å². The van der Waals surface area contributed by atoms with Crippen LogP contribution < -0.4 is 0 Å². The molecule has 0 aliphatic heterocycles. The predicted molar refractivity (Wildman–Crippen MR) is 177 cm³/mol. The summed E-state index contributed by atoms with van der Waals surface area (Å²) >= 11 is 0. The van der Waals surface area contributed by atoms with Gasteiger partial charge in [-0.3, -0.25) is 14.4 Å². The Balaban J connectivity index is 1.43. The normalized spacial score (nSPS) is 36.1. The van der Waals surface area contributed by atoms with E-state index < -0.39 is 64.2 Å². The number of aliphatic hydroxyl groups excluding tert-OH is 2. The average Bonchev–Trinajstić information content (AvgIpc) is 3.47. The van der Waals surface area contributed by atoms with Crippen LogP contribution >= 0.6 is 0 Å². The van der Waals surface area contributed by atoms with Gasteiger partial charge in [0.2, 0.25) is 0 Å². The number of esters is 2. The van der Waals surface area contributed by atoms with Gasteiger partial charge >= 0.3 is 11.9 Å². The number of hydrogen-bond donors (Lipinski definition) is 3. The van der Waals surface area contributed by atoms with Crippen LogP contribution in [0.4, 0.5) is 0 Å². The first kappa shape index (κ1) is 36.8.